The number of nitrogens with one attached hydrogen (secondary N) is 1. The third-order valence-corrected chi connectivity index (χ3v) is 3.79. The summed E-state index contributed by atoms with van der Waals surface area (Å²) >= 11 is 0. The van der Waals surface area contributed by atoms with E-state index >= 15 is 0 Å². The normalized spacial score (nSPS) is 16.7. The average Bonchev–Trinajstić information content (AvgIpc) is 2.99. The second kappa shape index (κ2) is 5.81. The van der Waals surface area contributed by atoms with Crippen molar-refractivity contribution in [2.75, 3.05) is 4.90 Å². The zero-order valence-electron chi connectivity index (χ0n) is 13.5. The topological polar surface area (TPSA) is 79.6 Å². The highest BCUT2D eigenvalue weighted by Crippen LogP contribution is 2.29. The summed E-state index contributed by atoms with van der Waals surface area (Å²) in [6.07, 6.45) is 2.77. The van der Waals surface area contributed by atoms with Crippen LogP contribution in [0.2, 0.25) is 0 Å². The first kappa shape index (κ1) is 15.7. The quantitative estimate of drug-likeness (QED) is 0.680. The van der Waals surface area contributed by atoms with Crippen molar-refractivity contribution >= 4 is 29.6 Å². The Labute approximate surface area is 138 Å². The van der Waals surface area contributed by atoms with E-state index < -0.39 is 17.8 Å². The molecule has 0 spiro atoms. The molecule has 6 heteroatoms. The van der Waals surface area contributed by atoms with Crippen LogP contribution in [-0.2, 0) is 9.59 Å². The maximum absolute atomic E-state index is 12.8. The number of furan rings is 1. The predicted molar refractivity (Wildman–Crippen MR) is 88.4 cm³/mol. The molecule has 122 valence electrons. The van der Waals surface area contributed by atoms with Crippen molar-refractivity contribution in [3.63, 3.8) is 0 Å². The van der Waals surface area contributed by atoms with Gasteiger partial charge in [0.15, 0.2) is 0 Å². The summed E-state index contributed by atoms with van der Waals surface area (Å²) < 4.78 is 5.15. The molecule has 2 aromatic rings. The van der Waals surface area contributed by atoms with Gasteiger partial charge in [-0.2, -0.15) is 0 Å². The van der Waals surface area contributed by atoms with Crippen LogP contribution in [0, 0.1) is 20.8 Å². The second-order valence-electron chi connectivity index (χ2n) is 5.72. The summed E-state index contributed by atoms with van der Waals surface area (Å²) in [5, 5.41) is 2.21. The first-order valence-electron chi connectivity index (χ1n) is 7.41. The van der Waals surface area contributed by atoms with Crippen molar-refractivity contribution in [1.29, 1.82) is 0 Å². The highest BCUT2D eigenvalue weighted by molar-refractivity contribution is 6.39. The minimum Gasteiger partial charge on any atom is -0.465 e. The minimum atomic E-state index is -0.753. The van der Waals surface area contributed by atoms with Crippen LogP contribution in [0.3, 0.4) is 0 Å². The van der Waals surface area contributed by atoms with E-state index in [0.717, 1.165) is 21.6 Å². The fourth-order valence-corrected chi connectivity index (χ4v) is 2.90. The molecule has 1 aromatic heterocycles. The lowest BCUT2D eigenvalue weighted by molar-refractivity contribution is -0.122. The van der Waals surface area contributed by atoms with Crippen molar-refractivity contribution < 1.29 is 18.8 Å². The summed E-state index contributed by atoms with van der Waals surface area (Å²) in [6, 6.07) is 6.28. The van der Waals surface area contributed by atoms with E-state index in [2.05, 4.69) is 5.32 Å². The van der Waals surface area contributed by atoms with Gasteiger partial charge in [0.2, 0.25) is 0 Å². The fourth-order valence-electron chi connectivity index (χ4n) is 2.90. The van der Waals surface area contributed by atoms with E-state index in [1.165, 1.54) is 12.3 Å². The van der Waals surface area contributed by atoms with Gasteiger partial charge in [0.1, 0.15) is 11.3 Å². The van der Waals surface area contributed by atoms with Crippen LogP contribution in [0.5, 0.6) is 0 Å². The first-order chi connectivity index (χ1) is 11.4. The van der Waals surface area contributed by atoms with Crippen LogP contribution in [0.4, 0.5) is 10.5 Å². The molecule has 6 nitrogen and oxygen atoms in total. The zero-order chi connectivity index (χ0) is 17.4. The maximum atomic E-state index is 12.8. The number of anilines is 1. The lowest BCUT2D eigenvalue weighted by Gasteiger charge is -2.29. The molecule has 1 N–H and O–H groups in total. The molecular formula is C18H16N2O4. The molecule has 24 heavy (non-hydrogen) atoms. The van der Waals surface area contributed by atoms with E-state index in [1.807, 2.05) is 32.9 Å². The number of urea groups is 1. The zero-order valence-corrected chi connectivity index (χ0v) is 13.5. The van der Waals surface area contributed by atoms with E-state index in [-0.39, 0.29) is 5.57 Å². The van der Waals surface area contributed by atoms with E-state index in [1.54, 1.807) is 12.1 Å². The Hall–Kier alpha value is -3.15. The standard InChI is InChI=1S/C18H16N2O4/c1-10-7-11(2)15(12(3)8-10)20-17(22)14(16(21)19-18(20)23)9-13-5-4-6-24-13/h4-9H,1-3H3,(H,19,21,23). The van der Waals surface area contributed by atoms with Gasteiger partial charge in [0.25, 0.3) is 11.8 Å². The molecule has 1 saturated heterocycles. The van der Waals surface area contributed by atoms with Crippen LogP contribution < -0.4 is 10.2 Å². The lowest BCUT2D eigenvalue weighted by Crippen LogP contribution is -2.54. The van der Waals surface area contributed by atoms with Gasteiger partial charge in [0, 0.05) is 0 Å². The van der Waals surface area contributed by atoms with E-state index in [9.17, 15) is 14.4 Å². The van der Waals surface area contributed by atoms with Gasteiger partial charge in [-0.25, -0.2) is 9.69 Å². The molecule has 3 rings (SSSR count). The molecule has 1 aliphatic rings. The third-order valence-electron chi connectivity index (χ3n) is 3.79. The molecule has 1 aliphatic heterocycles. The average molecular weight is 324 g/mol. The van der Waals surface area contributed by atoms with Crippen LogP contribution in [0.25, 0.3) is 6.08 Å². The summed E-state index contributed by atoms with van der Waals surface area (Å²) in [4.78, 5) is 38.1. The predicted octanol–water partition coefficient (Wildman–Crippen LogP) is 2.87. The largest absolute Gasteiger partial charge is 0.465 e. The van der Waals surface area contributed by atoms with Gasteiger partial charge in [-0.15, -0.1) is 0 Å². The number of imide groups is 2. The number of nitrogens with zero attached hydrogens (tertiary/aromatic N) is 1. The molecule has 0 saturated carbocycles. The van der Waals surface area contributed by atoms with Crippen molar-refractivity contribution in [3.8, 4) is 0 Å². The van der Waals surface area contributed by atoms with Gasteiger partial charge in [-0.05, 0) is 50.1 Å². The molecule has 4 amide bonds. The molecule has 1 fully saturated rings. The first-order valence-corrected chi connectivity index (χ1v) is 7.41. The van der Waals surface area contributed by atoms with Gasteiger partial charge in [0.05, 0.1) is 12.0 Å². The molecule has 1 aromatic carbocycles. The summed E-state index contributed by atoms with van der Waals surface area (Å²) in [5.74, 6) is -1.05. The number of barbiturate groups is 1. The smallest absolute Gasteiger partial charge is 0.335 e. The number of hydrogen-bond acceptors (Lipinski definition) is 4. The van der Waals surface area contributed by atoms with Crippen molar-refractivity contribution in [2.45, 2.75) is 20.8 Å². The van der Waals surface area contributed by atoms with Gasteiger partial charge in [-0.3, -0.25) is 14.9 Å². The number of rotatable bonds is 2. The number of aryl methyl sites for hydroxylation is 3. The summed E-state index contributed by atoms with van der Waals surface area (Å²) in [6.45, 7) is 5.58. The SMILES string of the molecule is Cc1cc(C)c(N2C(=O)NC(=O)C(=Cc3ccco3)C2=O)c(C)c1. The Morgan fingerprint density at radius 2 is 1.75 bits per heavy atom. The molecule has 0 radical (unpaired) electrons. The molecule has 0 aliphatic carbocycles. The summed E-state index contributed by atoms with van der Waals surface area (Å²) in [5.41, 5.74) is 2.93. The minimum absolute atomic E-state index is 0.149. The lowest BCUT2D eigenvalue weighted by atomic mass is 10.0. The van der Waals surface area contributed by atoms with Crippen molar-refractivity contribution in [2.24, 2.45) is 0 Å². The second-order valence-corrected chi connectivity index (χ2v) is 5.72. The molecule has 0 unspecified atom stereocenters. The Kier molecular flexibility index (Phi) is 3.81. The molecule has 0 atom stereocenters. The highest BCUT2D eigenvalue weighted by Gasteiger charge is 2.38. The maximum Gasteiger partial charge on any atom is 0.335 e. The fraction of sp³-hybridized carbons (Fsp3) is 0.167. The number of carbonyl (C=O) groups is 3. The summed E-state index contributed by atoms with van der Waals surface area (Å²) in [7, 11) is 0. The van der Waals surface area contributed by atoms with E-state index in [0.29, 0.717) is 11.4 Å². The van der Waals surface area contributed by atoms with Crippen LogP contribution in [-0.4, -0.2) is 17.8 Å². The number of amides is 4. The molecule has 2 heterocycles. The van der Waals surface area contributed by atoms with Crippen LogP contribution in [0.1, 0.15) is 22.5 Å². The van der Waals surface area contributed by atoms with Crippen molar-refractivity contribution in [3.05, 3.63) is 58.6 Å². The highest BCUT2D eigenvalue weighted by atomic mass is 16.3. The molecule has 0 bridgehead atoms. The third kappa shape index (κ3) is 2.62. The number of hydrogen-bond donors (Lipinski definition) is 1. The number of carbonyl (C=O) groups excluding carboxylic acids is 3. The van der Waals surface area contributed by atoms with Gasteiger partial charge in [-0.1, -0.05) is 17.7 Å². The van der Waals surface area contributed by atoms with Gasteiger partial charge < -0.3 is 4.42 Å². The Morgan fingerprint density at radius 3 is 2.33 bits per heavy atom. The Bertz CT molecular complexity index is 855. The Morgan fingerprint density at radius 1 is 1.08 bits per heavy atom. The van der Waals surface area contributed by atoms with Gasteiger partial charge >= 0.3 is 6.03 Å². The van der Waals surface area contributed by atoms with Crippen LogP contribution in [0.15, 0.2) is 40.5 Å². The van der Waals surface area contributed by atoms with Crippen molar-refractivity contribution in [1.82, 2.24) is 5.32 Å². The van der Waals surface area contributed by atoms with Crippen LogP contribution >= 0.6 is 0 Å². The number of benzene rings is 1. The monoisotopic (exact) mass is 324 g/mol. The van der Waals surface area contributed by atoms with E-state index in [4.69, 9.17) is 4.42 Å². The molecular weight excluding hydrogens is 308 g/mol. The Balaban J connectivity index is 2.10.